The highest BCUT2D eigenvalue weighted by molar-refractivity contribution is 6.41. The normalized spacial score (nSPS) is 9.69. The molecule has 0 aliphatic carbocycles. The van der Waals surface area contributed by atoms with Gasteiger partial charge in [-0.1, -0.05) is 11.6 Å². The first kappa shape index (κ1) is 12.5. The lowest BCUT2D eigenvalue weighted by atomic mass is 10.1. The molecule has 1 aromatic rings. The molecule has 0 aromatic heterocycles. The molecule has 0 N–H and O–H groups in total. The summed E-state index contributed by atoms with van der Waals surface area (Å²) in [4.78, 5) is 22.4. The van der Waals surface area contributed by atoms with Gasteiger partial charge in [0, 0.05) is 5.56 Å². The lowest BCUT2D eigenvalue weighted by molar-refractivity contribution is -0.135. The maximum Gasteiger partial charge on any atom is 0.379 e. The second-order valence-corrected chi connectivity index (χ2v) is 3.31. The van der Waals surface area contributed by atoms with Crippen LogP contribution in [0.15, 0.2) is 18.2 Å². The van der Waals surface area contributed by atoms with Gasteiger partial charge < -0.3 is 9.47 Å². The van der Waals surface area contributed by atoms with Crippen LogP contribution in [-0.4, -0.2) is 25.5 Å². The third kappa shape index (κ3) is 2.73. The summed E-state index contributed by atoms with van der Waals surface area (Å²) in [5, 5.41) is 0.289. The first-order chi connectivity index (χ1) is 7.60. The smallest absolute Gasteiger partial charge is 0.379 e. The Kier molecular flexibility index (Phi) is 4.31. The molecule has 5 heteroatoms. The van der Waals surface area contributed by atoms with Crippen molar-refractivity contribution in [3.05, 3.63) is 28.8 Å². The number of methoxy groups -OCH3 is 1. The highest BCUT2D eigenvalue weighted by Crippen LogP contribution is 2.25. The molecule has 0 bridgehead atoms. The number of halogens is 1. The Labute approximate surface area is 98.1 Å². The maximum absolute atomic E-state index is 11.4. The molecule has 0 saturated heterocycles. The maximum atomic E-state index is 11.4. The fourth-order valence-electron chi connectivity index (χ4n) is 1.13. The zero-order valence-corrected chi connectivity index (χ0v) is 9.71. The summed E-state index contributed by atoms with van der Waals surface area (Å²) in [6.07, 6.45) is 0. The predicted octanol–water partition coefficient (Wildman–Crippen LogP) is 2.09. The molecule has 1 rings (SSSR count). The summed E-state index contributed by atoms with van der Waals surface area (Å²) in [7, 11) is 1.15. The monoisotopic (exact) mass is 242 g/mol. The minimum Gasteiger partial charge on any atom is -0.492 e. The van der Waals surface area contributed by atoms with Crippen LogP contribution in [0.5, 0.6) is 5.75 Å². The Morgan fingerprint density at radius 1 is 1.38 bits per heavy atom. The first-order valence-corrected chi connectivity index (χ1v) is 5.03. The fraction of sp³-hybridized carbons (Fsp3) is 0.273. The highest BCUT2D eigenvalue weighted by Gasteiger charge is 2.17. The Balaban J connectivity index is 2.97. The van der Waals surface area contributed by atoms with Gasteiger partial charge in [-0.15, -0.1) is 0 Å². The number of carbonyl (C=O) groups excluding carboxylic acids is 2. The van der Waals surface area contributed by atoms with E-state index < -0.39 is 11.8 Å². The van der Waals surface area contributed by atoms with Gasteiger partial charge in [-0.2, -0.15) is 0 Å². The van der Waals surface area contributed by atoms with E-state index in [1.165, 1.54) is 12.1 Å². The standard InChI is InChI=1S/C11H11ClO4/c1-3-16-9-5-4-7(6-8(9)12)10(13)11(14)15-2/h4-6H,3H2,1-2H3. The summed E-state index contributed by atoms with van der Waals surface area (Å²) in [6.45, 7) is 2.30. The minimum absolute atomic E-state index is 0.181. The Morgan fingerprint density at radius 3 is 2.56 bits per heavy atom. The Hall–Kier alpha value is -1.55. The van der Waals surface area contributed by atoms with E-state index in [1.807, 2.05) is 6.92 Å². The van der Waals surface area contributed by atoms with Crippen molar-refractivity contribution < 1.29 is 19.1 Å². The molecule has 0 spiro atoms. The van der Waals surface area contributed by atoms with Crippen molar-refractivity contribution in [1.29, 1.82) is 0 Å². The lowest BCUT2D eigenvalue weighted by Crippen LogP contribution is -2.15. The van der Waals surface area contributed by atoms with E-state index in [4.69, 9.17) is 16.3 Å². The molecule has 0 saturated carbocycles. The van der Waals surface area contributed by atoms with E-state index in [-0.39, 0.29) is 10.6 Å². The number of hydrogen-bond donors (Lipinski definition) is 0. The molecular weight excluding hydrogens is 232 g/mol. The van der Waals surface area contributed by atoms with Gasteiger partial charge in [0.2, 0.25) is 0 Å². The second-order valence-electron chi connectivity index (χ2n) is 2.90. The van der Waals surface area contributed by atoms with Crippen LogP contribution in [0.4, 0.5) is 0 Å². The molecule has 0 amide bonds. The molecule has 0 radical (unpaired) electrons. The number of esters is 1. The predicted molar refractivity (Wildman–Crippen MR) is 59.0 cm³/mol. The number of carbonyl (C=O) groups is 2. The highest BCUT2D eigenvalue weighted by atomic mass is 35.5. The number of rotatable bonds is 4. The van der Waals surface area contributed by atoms with Crippen molar-refractivity contribution in [2.45, 2.75) is 6.92 Å². The largest absolute Gasteiger partial charge is 0.492 e. The van der Waals surface area contributed by atoms with Crippen LogP contribution in [0.3, 0.4) is 0 Å². The van der Waals surface area contributed by atoms with E-state index >= 15 is 0 Å². The zero-order valence-electron chi connectivity index (χ0n) is 8.95. The van der Waals surface area contributed by atoms with Gasteiger partial charge in [-0.3, -0.25) is 4.79 Å². The third-order valence-corrected chi connectivity index (χ3v) is 2.16. The van der Waals surface area contributed by atoms with E-state index in [2.05, 4.69) is 4.74 Å². The van der Waals surface area contributed by atoms with Gasteiger partial charge in [0.15, 0.2) is 0 Å². The SMILES string of the molecule is CCOc1ccc(C(=O)C(=O)OC)cc1Cl. The number of ketones is 1. The summed E-state index contributed by atoms with van der Waals surface area (Å²) in [5.41, 5.74) is 0.181. The van der Waals surface area contributed by atoms with E-state index in [0.29, 0.717) is 12.4 Å². The first-order valence-electron chi connectivity index (χ1n) is 4.65. The van der Waals surface area contributed by atoms with Gasteiger partial charge in [-0.25, -0.2) is 4.79 Å². The van der Waals surface area contributed by atoms with Crippen LogP contribution >= 0.6 is 11.6 Å². The Bertz CT molecular complexity index is 414. The summed E-state index contributed by atoms with van der Waals surface area (Å²) in [5.74, 6) is -1.17. The van der Waals surface area contributed by atoms with Gasteiger partial charge in [-0.05, 0) is 25.1 Å². The molecular formula is C11H11ClO4. The molecule has 0 unspecified atom stereocenters. The Morgan fingerprint density at radius 2 is 2.06 bits per heavy atom. The molecule has 0 aliphatic rings. The van der Waals surface area contributed by atoms with Gasteiger partial charge in [0.1, 0.15) is 5.75 Å². The topological polar surface area (TPSA) is 52.6 Å². The van der Waals surface area contributed by atoms with Crippen LogP contribution < -0.4 is 4.74 Å². The third-order valence-electron chi connectivity index (χ3n) is 1.86. The fourth-order valence-corrected chi connectivity index (χ4v) is 1.36. The number of benzene rings is 1. The van der Waals surface area contributed by atoms with Crippen LogP contribution in [0, 0.1) is 0 Å². The lowest BCUT2D eigenvalue weighted by Gasteiger charge is -2.06. The molecule has 0 fully saturated rings. The van der Waals surface area contributed by atoms with Crippen LogP contribution in [0.1, 0.15) is 17.3 Å². The van der Waals surface area contributed by atoms with Gasteiger partial charge >= 0.3 is 5.97 Å². The van der Waals surface area contributed by atoms with E-state index in [9.17, 15) is 9.59 Å². The molecule has 0 heterocycles. The van der Waals surface area contributed by atoms with Crippen LogP contribution in [0.25, 0.3) is 0 Å². The quantitative estimate of drug-likeness (QED) is 0.461. The number of hydrogen-bond acceptors (Lipinski definition) is 4. The summed E-state index contributed by atoms with van der Waals surface area (Å²) < 4.78 is 9.52. The van der Waals surface area contributed by atoms with Gasteiger partial charge in [0.25, 0.3) is 5.78 Å². The molecule has 86 valence electrons. The molecule has 0 atom stereocenters. The zero-order chi connectivity index (χ0) is 12.1. The van der Waals surface area contributed by atoms with Crippen molar-refractivity contribution in [3.63, 3.8) is 0 Å². The van der Waals surface area contributed by atoms with E-state index in [1.54, 1.807) is 6.07 Å². The second kappa shape index (κ2) is 5.51. The summed E-state index contributed by atoms with van der Waals surface area (Å²) >= 11 is 5.87. The molecule has 16 heavy (non-hydrogen) atoms. The molecule has 1 aromatic carbocycles. The van der Waals surface area contributed by atoms with Crippen molar-refractivity contribution in [1.82, 2.24) is 0 Å². The van der Waals surface area contributed by atoms with Crippen molar-refractivity contribution in [2.75, 3.05) is 13.7 Å². The van der Waals surface area contributed by atoms with Crippen LogP contribution in [0.2, 0.25) is 5.02 Å². The van der Waals surface area contributed by atoms with Crippen molar-refractivity contribution in [2.24, 2.45) is 0 Å². The average molecular weight is 243 g/mol. The average Bonchev–Trinajstić information content (AvgIpc) is 2.30. The minimum atomic E-state index is -0.916. The van der Waals surface area contributed by atoms with Crippen molar-refractivity contribution in [3.8, 4) is 5.75 Å². The van der Waals surface area contributed by atoms with Crippen LogP contribution in [-0.2, 0) is 9.53 Å². The van der Waals surface area contributed by atoms with Gasteiger partial charge in [0.05, 0.1) is 18.7 Å². The number of Topliss-reactive ketones (excluding diaryl/α,β-unsaturated/α-hetero) is 1. The summed E-state index contributed by atoms with van der Waals surface area (Å²) in [6, 6.07) is 4.39. The molecule has 4 nitrogen and oxygen atoms in total. The van der Waals surface area contributed by atoms with E-state index in [0.717, 1.165) is 7.11 Å². The van der Waals surface area contributed by atoms with Crippen molar-refractivity contribution >= 4 is 23.4 Å². The molecule has 0 aliphatic heterocycles. The number of ether oxygens (including phenoxy) is 2.